The number of likely N-dealkylation sites (tertiary alicyclic amines) is 1. The zero-order chi connectivity index (χ0) is 19.4. The first-order chi connectivity index (χ1) is 13.0. The smallest absolute Gasteiger partial charge is 0.260 e. The Bertz CT molecular complexity index is 864. The number of carbonyl (C=O) groups excluding carboxylic acids is 1. The largest absolute Gasteiger partial charge is 0.484 e. The summed E-state index contributed by atoms with van der Waals surface area (Å²) in [6.07, 6.45) is 4.23. The molecule has 1 aliphatic rings. The Labute approximate surface area is 160 Å². The van der Waals surface area contributed by atoms with Gasteiger partial charge in [0.2, 0.25) is 0 Å². The standard InChI is InChI=1S/C22H30N2O3/c1-4-10-24-20-13-17(27-15-22(26)23-11-6-5-7-12-23)8-9-18(20)19(16(2)3)14-21(24)25/h8-9,13-14,16H,4-7,10-12,15H2,1-3H3. The first-order valence-corrected chi connectivity index (χ1v) is 10.1. The van der Waals surface area contributed by atoms with Crippen molar-refractivity contribution in [3.8, 4) is 5.75 Å². The third-order valence-electron chi connectivity index (χ3n) is 5.26. The molecule has 1 aliphatic heterocycles. The first-order valence-electron chi connectivity index (χ1n) is 10.1. The normalized spacial score (nSPS) is 14.7. The van der Waals surface area contributed by atoms with Crippen LogP contribution in [0.1, 0.15) is 57.9 Å². The monoisotopic (exact) mass is 370 g/mol. The van der Waals surface area contributed by atoms with Crippen LogP contribution < -0.4 is 10.3 Å². The highest BCUT2D eigenvalue weighted by Crippen LogP contribution is 2.27. The van der Waals surface area contributed by atoms with Crippen molar-refractivity contribution < 1.29 is 9.53 Å². The second-order valence-corrected chi connectivity index (χ2v) is 7.65. The van der Waals surface area contributed by atoms with E-state index in [2.05, 4.69) is 20.8 Å². The van der Waals surface area contributed by atoms with E-state index >= 15 is 0 Å². The van der Waals surface area contributed by atoms with Crippen molar-refractivity contribution >= 4 is 16.8 Å². The van der Waals surface area contributed by atoms with E-state index in [9.17, 15) is 9.59 Å². The predicted octanol–water partition coefficient (Wildman–Crippen LogP) is 3.93. The van der Waals surface area contributed by atoms with Crippen molar-refractivity contribution in [3.05, 3.63) is 40.2 Å². The van der Waals surface area contributed by atoms with Gasteiger partial charge in [0.15, 0.2) is 6.61 Å². The lowest BCUT2D eigenvalue weighted by Crippen LogP contribution is -2.38. The number of nitrogens with zero attached hydrogens (tertiary/aromatic N) is 2. The summed E-state index contributed by atoms with van der Waals surface area (Å²) in [4.78, 5) is 26.8. The summed E-state index contributed by atoms with van der Waals surface area (Å²) in [5, 5.41) is 1.08. The molecule has 0 atom stereocenters. The lowest BCUT2D eigenvalue weighted by molar-refractivity contribution is -0.134. The molecule has 5 heteroatoms. The molecule has 0 N–H and O–H groups in total. The molecule has 5 nitrogen and oxygen atoms in total. The third kappa shape index (κ3) is 4.34. The van der Waals surface area contributed by atoms with Crippen LogP contribution in [0.2, 0.25) is 0 Å². The Balaban J connectivity index is 1.87. The second-order valence-electron chi connectivity index (χ2n) is 7.65. The van der Waals surface area contributed by atoms with E-state index in [1.807, 2.05) is 23.1 Å². The van der Waals surface area contributed by atoms with E-state index in [0.717, 1.165) is 48.8 Å². The maximum absolute atomic E-state index is 12.6. The van der Waals surface area contributed by atoms with Crippen molar-refractivity contribution in [2.45, 2.75) is 58.9 Å². The molecule has 1 aromatic heterocycles. The minimum atomic E-state index is 0.0228. The molecule has 27 heavy (non-hydrogen) atoms. The molecule has 2 aromatic rings. The van der Waals surface area contributed by atoms with Gasteiger partial charge in [0.05, 0.1) is 5.52 Å². The maximum atomic E-state index is 12.6. The molecule has 0 bridgehead atoms. The van der Waals surface area contributed by atoms with Crippen LogP contribution in [0.15, 0.2) is 29.1 Å². The van der Waals surface area contributed by atoms with Crippen LogP contribution in [-0.2, 0) is 11.3 Å². The lowest BCUT2D eigenvalue weighted by atomic mass is 9.98. The van der Waals surface area contributed by atoms with Crippen molar-refractivity contribution in [1.82, 2.24) is 9.47 Å². The van der Waals surface area contributed by atoms with Crippen LogP contribution in [-0.4, -0.2) is 35.1 Å². The SMILES string of the molecule is CCCn1c(=O)cc(C(C)C)c2ccc(OCC(=O)N3CCCCC3)cc21. The number of aromatic nitrogens is 1. The zero-order valence-electron chi connectivity index (χ0n) is 16.7. The molecular formula is C22H30N2O3. The van der Waals surface area contributed by atoms with Crippen molar-refractivity contribution in [3.63, 3.8) is 0 Å². The highest BCUT2D eigenvalue weighted by atomic mass is 16.5. The van der Waals surface area contributed by atoms with Crippen LogP contribution in [0.4, 0.5) is 0 Å². The summed E-state index contributed by atoms with van der Waals surface area (Å²) in [6.45, 7) is 8.63. The maximum Gasteiger partial charge on any atom is 0.260 e. The number of rotatable bonds is 6. The molecule has 1 saturated heterocycles. The van der Waals surface area contributed by atoms with E-state index in [4.69, 9.17) is 4.74 Å². The van der Waals surface area contributed by atoms with Gasteiger partial charge in [-0.25, -0.2) is 0 Å². The van der Waals surface area contributed by atoms with E-state index < -0.39 is 0 Å². The number of ether oxygens (including phenoxy) is 1. The Morgan fingerprint density at radius 3 is 2.56 bits per heavy atom. The van der Waals surface area contributed by atoms with Crippen molar-refractivity contribution in [1.29, 1.82) is 0 Å². The number of pyridine rings is 1. The number of hydrogen-bond donors (Lipinski definition) is 0. The van der Waals surface area contributed by atoms with Gasteiger partial charge in [0.25, 0.3) is 11.5 Å². The summed E-state index contributed by atoms with van der Waals surface area (Å²) < 4.78 is 7.60. The van der Waals surface area contributed by atoms with Gasteiger partial charge in [-0.15, -0.1) is 0 Å². The van der Waals surface area contributed by atoms with Crippen LogP contribution >= 0.6 is 0 Å². The highest BCUT2D eigenvalue weighted by molar-refractivity contribution is 5.84. The Morgan fingerprint density at radius 1 is 1.15 bits per heavy atom. The van der Waals surface area contributed by atoms with Crippen LogP contribution in [0.25, 0.3) is 10.9 Å². The molecule has 0 unspecified atom stereocenters. The molecule has 0 aliphatic carbocycles. The molecule has 0 spiro atoms. The Kier molecular flexibility index (Phi) is 6.19. The van der Waals surface area contributed by atoms with E-state index in [1.54, 1.807) is 10.6 Å². The van der Waals surface area contributed by atoms with Gasteiger partial charge in [0.1, 0.15) is 5.75 Å². The van der Waals surface area contributed by atoms with Crippen molar-refractivity contribution in [2.75, 3.05) is 19.7 Å². The van der Waals surface area contributed by atoms with Gasteiger partial charge in [-0.05, 0) is 49.3 Å². The van der Waals surface area contributed by atoms with Crippen molar-refractivity contribution in [2.24, 2.45) is 0 Å². The topological polar surface area (TPSA) is 51.5 Å². The number of fused-ring (bicyclic) bond motifs is 1. The molecule has 2 heterocycles. The molecule has 1 fully saturated rings. The highest BCUT2D eigenvalue weighted by Gasteiger charge is 2.17. The summed E-state index contributed by atoms with van der Waals surface area (Å²) in [7, 11) is 0. The summed E-state index contributed by atoms with van der Waals surface area (Å²) in [5.41, 5.74) is 1.96. The van der Waals surface area contributed by atoms with Crippen LogP contribution in [0.3, 0.4) is 0 Å². The fourth-order valence-electron chi connectivity index (χ4n) is 3.79. The molecule has 0 radical (unpaired) electrons. The minimum Gasteiger partial charge on any atom is -0.484 e. The number of benzene rings is 1. The second kappa shape index (κ2) is 8.59. The number of amides is 1. The summed E-state index contributed by atoms with van der Waals surface area (Å²) in [5.74, 6) is 0.943. The van der Waals surface area contributed by atoms with Gasteiger partial charge >= 0.3 is 0 Å². The van der Waals surface area contributed by atoms with Gasteiger partial charge in [-0.2, -0.15) is 0 Å². The number of carbonyl (C=O) groups is 1. The summed E-state index contributed by atoms with van der Waals surface area (Å²) >= 11 is 0. The Hall–Kier alpha value is -2.30. The first kappa shape index (κ1) is 19.5. The predicted molar refractivity (Wildman–Crippen MR) is 109 cm³/mol. The van der Waals surface area contributed by atoms with Gasteiger partial charge < -0.3 is 14.2 Å². The van der Waals surface area contributed by atoms with Crippen LogP contribution in [0.5, 0.6) is 5.75 Å². The molecule has 146 valence electrons. The molecule has 0 saturated carbocycles. The average molecular weight is 370 g/mol. The van der Waals surface area contributed by atoms with Gasteiger partial charge in [-0.1, -0.05) is 20.8 Å². The fraction of sp³-hybridized carbons (Fsp3) is 0.545. The number of hydrogen-bond acceptors (Lipinski definition) is 3. The third-order valence-corrected chi connectivity index (χ3v) is 5.26. The summed E-state index contributed by atoms with van der Waals surface area (Å²) in [6, 6.07) is 7.57. The molecule has 1 aromatic carbocycles. The van der Waals surface area contributed by atoms with E-state index in [-0.39, 0.29) is 24.0 Å². The number of piperidine rings is 1. The molecule has 3 rings (SSSR count). The minimum absolute atomic E-state index is 0.0228. The van der Waals surface area contributed by atoms with E-state index in [0.29, 0.717) is 12.3 Å². The van der Waals surface area contributed by atoms with Gasteiger partial charge in [0, 0.05) is 37.2 Å². The quantitative estimate of drug-likeness (QED) is 0.774. The molecular weight excluding hydrogens is 340 g/mol. The number of aryl methyl sites for hydroxylation is 1. The average Bonchev–Trinajstić information content (AvgIpc) is 2.68. The van der Waals surface area contributed by atoms with E-state index in [1.165, 1.54) is 6.42 Å². The Morgan fingerprint density at radius 2 is 1.89 bits per heavy atom. The lowest BCUT2D eigenvalue weighted by Gasteiger charge is -2.26. The van der Waals surface area contributed by atoms with Crippen LogP contribution in [0, 0.1) is 0 Å². The fourth-order valence-corrected chi connectivity index (χ4v) is 3.79. The zero-order valence-corrected chi connectivity index (χ0v) is 16.7. The molecule has 1 amide bonds. The van der Waals surface area contributed by atoms with Gasteiger partial charge in [-0.3, -0.25) is 9.59 Å².